The Bertz CT molecular complexity index is 553. The number of hydrogen-bond donors (Lipinski definition) is 0. The van der Waals surface area contributed by atoms with Crippen molar-refractivity contribution in [2.24, 2.45) is 0 Å². The summed E-state index contributed by atoms with van der Waals surface area (Å²) in [7, 11) is 0. The van der Waals surface area contributed by atoms with E-state index in [1.54, 1.807) is 6.33 Å². The van der Waals surface area contributed by atoms with Crippen molar-refractivity contribution >= 4 is 5.82 Å². The van der Waals surface area contributed by atoms with Gasteiger partial charge in [-0.1, -0.05) is 5.16 Å². The zero-order chi connectivity index (χ0) is 12.5. The Morgan fingerprint density at radius 3 is 2.94 bits per heavy atom. The predicted octanol–water partition coefficient (Wildman–Crippen LogP) is 1.82. The van der Waals surface area contributed by atoms with Gasteiger partial charge in [0.05, 0.1) is 0 Å². The molecule has 6 nitrogen and oxygen atoms in total. The summed E-state index contributed by atoms with van der Waals surface area (Å²) in [6.07, 6.45) is 3.72. The van der Waals surface area contributed by atoms with Crippen LogP contribution >= 0.6 is 0 Å². The number of aromatic nitrogens is 4. The average Bonchev–Trinajstić information content (AvgIpc) is 2.96. The first-order valence-corrected chi connectivity index (χ1v) is 6.09. The van der Waals surface area contributed by atoms with E-state index in [-0.39, 0.29) is 6.04 Å². The Balaban J connectivity index is 1.92. The fourth-order valence-corrected chi connectivity index (χ4v) is 2.34. The first kappa shape index (κ1) is 11.1. The quantitative estimate of drug-likeness (QED) is 0.803. The van der Waals surface area contributed by atoms with Gasteiger partial charge in [0, 0.05) is 18.3 Å². The maximum Gasteiger partial charge on any atom is 0.249 e. The van der Waals surface area contributed by atoms with E-state index in [9.17, 15) is 0 Å². The Hall–Kier alpha value is -1.98. The number of anilines is 1. The lowest BCUT2D eigenvalue weighted by atomic mass is 10.2. The third kappa shape index (κ3) is 1.94. The minimum atomic E-state index is 0.139. The topological polar surface area (TPSA) is 67.9 Å². The molecule has 2 aromatic rings. The van der Waals surface area contributed by atoms with Gasteiger partial charge in [0.1, 0.15) is 18.2 Å². The molecule has 0 unspecified atom stereocenters. The van der Waals surface area contributed by atoms with Crippen LogP contribution in [0.5, 0.6) is 0 Å². The second kappa shape index (κ2) is 4.36. The smallest absolute Gasteiger partial charge is 0.249 e. The molecular formula is C12H15N5O. The molecule has 0 aliphatic carbocycles. The largest absolute Gasteiger partial charge is 0.344 e. The minimum absolute atomic E-state index is 0.139. The molecule has 0 aromatic carbocycles. The summed E-state index contributed by atoms with van der Waals surface area (Å²) in [5, 5.41) is 3.86. The molecule has 0 spiro atoms. The molecule has 2 aromatic heterocycles. The SMILES string of the molecule is Cc1cc(N2CCC[C@H]2c2nc(C)no2)ncn1. The highest BCUT2D eigenvalue weighted by Crippen LogP contribution is 2.34. The molecule has 1 fully saturated rings. The van der Waals surface area contributed by atoms with Gasteiger partial charge in [0.25, 0.3) is 0 Å². The van der Waals surface area contributed by atoms with E-state index < -0.39 is 0 Å². The molecule has 1 atom stereocenters. The fourth-order valence-electron chi connectivity index (χ4n) is 2.34. The van der Waals surface area contributed by atoms with Crippen LogP contribution < -0.4 is 4.90 Å². The van der Waals surface area contributed by atoms with E-state index in [1.165, 1.54) is 0 Å². The molecule has 3 rings (SSSR count). The molecule has 0 bridgehead atoms. The van der Waals surface area contributed by atoms with E-state index in [1.807, 2.05) is 19.9 Å². The normalized spacial score (nSPS) is 19.4. The minimum Gasteiger partial charge on any atom is -0.344 e. The summed E-state index contributed by atoms with van der Waals surface area (Å²) in [6, 6.07) is 2.13. The van der Waals surface area contributed by atoms with E-state index >= 15 is 0 Å². The lowest BCUT2D eigenvalue weighted by Gasteiger charge is -2.22. The lowest BCUT2D eigenvalue weighted by Crippen LogP contribution is -2.24. The molecule has 0 amide bonds. The van der Waals surface area contributed by atoms with Crippen molar-refractivity contribution < 1.29 is 4.52 Å². The molecule has 1 aliphatic rings. The third-order valence-corrected chi connectivity index (χ3v) is 3.16. The van der Waals surface area contributed by atoms with E-state index in [4.69, 9.17) is 4.52 Å². The second-order valence-corrected chi connectivity index (χ2v) is 4.55. The van der Waals surface area contributed by atoms with Crippen LogP contribution in [-0.2, 0) is 0 Å². The van der Waals surface area contributed by atoms with Crippen LogP contribution in [0, 0.1) is 13.8 Å². The van der Waals surface area contributed by atoms with Crippen LogP contribution in [0.15, 0.2) is 16.9 Å². The molecular weight excluding hydrogens is 230 g/mol. The highest BCUT2D eigenvalue weighted by Gasteiger charge is 2.31. The fraction of sp³-hybridized carbons (Fsp3) is 0.500. The Morgan fingerprint density at radius 2 is 2.22 bits per heavy atom. The first-order chi connectivity index (χ1) is 8.74. The number of hydrogen-bond acceptors (Lipinski definition) is 6. The van der Waals surface area contributed by atoms with Gasteiger partial charge in [0.2, 0.25) is 5.89 Å². The van der Waals surface area contributed by atoms with Crippen LogP contribution in [0.3, 0.4) is 0 Å². The van der Waals surface area contributed by atoms with Crippen LogP contribution in [0.25, 0.3) is 0 Å². The summed E-state index contributed by atoms with van der Waals surface area (Å²) < 4.78 is 5.28. The predicted molar refractivity (Wildman–Crippen MR) is 65.1 cm³/mol. The van der Waals surface area contributed by atoms with E-state index in [0.29, 0.717) is 11.7 Å². The summed E-state index contributed by atoms with van der Waals surface area (Å²) in [5.74, 6) is 2.29. The molecule has 94 valence electrons. The van der Waals surface area contributed by atoms with Gasteiger partial charge in [-0.25, -0.2) is 9.97 Å². The molecule has 3 heterocycles. The van der Waals surface area contributed by atoms with Crippen LogP contribution in [0.2, 0.25) is 0 Å². The molecule has 18 heavy (non-hydrogen) atoms. The van der Waals surface area contributed by atoms with E-state index in [0.717, 1.165) is 30.9 Å². The summed E-state index contributed by atoms with van der Waals surface area (Å²) in [4.78, 5) is 15.0. The van der Waals surface area contributed by atoms with Gasteiger partial charge in [-0.05, 0) is 26.7 Å². The van der Waals surface area contributed by atoms with Gasteiger partial charge in [-0.2, -0.15) is 4.98 Å². The summed E-state index contributed by atoms with van der Waals surface area (Å²) >= 11 is 0. The first-order valence-electron chi connectivity index (χ1n) is 6.09. The monoisotopic (exact) mass is 245 g/mol. The highest BCUT2D eigenvalue weighted by molar-refractivity contribution is 5.42. The van der Waals surface area contributed by atoms with Crippen molar-refractivity contribution in [1.29, 1.82) is 0 Å². The number of nitrogens with zero attached hydrogens (tertiary/aromatic N) is 5. The van der Waals surface area contributed by atoms with E-state index in [2.05, 4.69) is 25.0 Å². The van der Waals surface area contributed by atoms with Crippen LogP contribution in [0.1, 0.15) is 36.3 Å². The zero-order valence-electron chi connectivity index (χ0n) is 10.5. The lowest BCUT2D eigenvalue weighted by molar-refractivity contribution is 0.351. The standard InChI is InChI=1S/C12H15N5O/c1-8-6-11(14-7-13-8)17-5-3-4-10(17)12-15-9(2)16-18-12/h6-7,10H,3-5H2,1-2H3/t10-/m0/s1. The summed E-state index contributed by atoms with van der Waals surface area (Å²) in [5.41, 5.74) is 0.965. The van der Waals surface area contributed by atoms with Crippen LogP contribution in [-0.4, -0.2) is 26.7 Å². The van der Waals surface area contributed by atoms with Crippen molar-refractivity contribution in [3.63, 3.8) is 0 Å². The van der Waals surface area contributed by atoms with Crippen molar-refractivity contribution in [2.75, 3.05) is 11.4 Å². The maximum atomic E-state index is 5.28. The Labute approximate surface area is 105 Å². The molecule has 1 aliphatic heterocycles. The second-order valence-electron chi connectivity index (χ2n) is 4.55. The van der Waals surface area contributed by atoms with Crippen molar-refractivity contribution in [2.45, 2.75) is 32.7 Å². The highest BCUT2D eigenvalue weighted by atomic mass is 16.5. The maximum absolute atomic E-state index is 5.28. The van der Waals surface area contributed by atoms with Gasteiger partial charge < -0.3 is 9.42 Å². The number of rotatable bonds is 2. The summed E-state index contributed by atoms with van der Waals surface area (Å²) in [6.45, 7) is 4.76. The van der Waals surface area contributed by atoms with Crippen molar-refractivity contribution in [1.82, 2.24) is 20.1 Å². The van der Waals surface area contributed by atoms with Gasteiger partial charge in [-0.15, -0.1) is 0 Å². The van der Waals surface area contributed by atoms with Crippen molar-refractivity contribution in [3.8, 4) is 0 Å². The van der Waals surface area contributed by atoms with Gasteiger partial charge in [0.15, 0.2) is 5.82 Å². The third-order valence-electron chi connectivity index (χ3n) is 3.16. The molecule has 1 saturated heterocycles. The average molecular weight is 245 g/mol. The molecule has 0 radical (unpaired) electrons. The molecule has 6 heteroatoms. The number of aryl methyl sites for hydroxylation is 2. The van der Waals surface area contributed by atoms with Crippen LogP contribution in [0.4, 0.5) is 5.82 Å². The van der Waals surface area contributed by atoms with Gasteiger partial charge >= 0.3 is 0 Å². The van der Waals surface area contributed by atoms with Crippen molar-refractivity contribution in [3.05, 3.63) is 29.8 Å². The zero-order valence-corrected chi connectivity index (χ0v) is 10.5. The molecule has 0 saturated carbocycles. The Morgan fingerprint density at radius 1 is 1.33 bits per heavy atom. The Kier molecular flexibility index (Phi) is 2.70. The molecule has 0 N–H and O–H groups in total. The van der Waals surface area contributed by atoms with Gasteiger partial charge in [-0.3, -0.25) is 0 Å².